The molecular formula is C19H22F2N2O3. The molecular weight excluding hydrogens is 342 g/mol. The number of furan rings is 1. The Morgan fingerprint density at radius 2 is 2.04 bits per heavy atom. The number of anilines is 2. The number of hydrogen-bond donors (Lipinski definition) is 1. The van der Waals surface area contributed by atoms with E-state index in [1.165, 1.54) is 19.3 Å². The number of aryl methyl sites for hydroxylation is 1. The van der Waals surface area contributed by atoms with Crippen molar-refractivity contribution in [3.05, 3.63) is 53.6 Å². The molecule has 2 heterocycles. The predicted octanol–water partition coefficient (Wildman–Crippen LogP) is 5.61. The Morgan fingerprint density at radius 3 is 2.73 bits per heavy atom. The van der Waals surface area contributed by atoms with Crippen LogP contribution >= 0.6 is 0 Å². The van der Waals surface area contributed by atoms with Gasteiger partial charge in [0.1, 0.15) is 22.9 Å². The van der Waals surface area contributed by atoms with Crippen LogP contribution in [0, 0.1) is 18.6 Å². The minimum Gasteiger partial charge on any atom is -0.460 e. The van der Waals surface area contributed by atoms with Crippen molar-refractivity contribution in [3.8, 4) is 0 Å². The summed E-state index contributed by atoms with van der Waals surface area (Å²) in [4.78, 5) is 16.1. The summed E-state index contributed by atoms with van der Waals surface area (Å²) < 4.78 is 38.3. The second kappa shape index (κ2) is 8.42. The second-order valence-electron chi connectivity index (χ2n) is 5.10. The average Bonchev–Trinajstić information content (AvgIpc) is 3.00. The van der Waals surface area contributed by atoms with Gasteiger partial charge in [-0.15, -0.1) is 0 Å². The van der Waals surface area contributed by atoms with E-state index < -0.39 is 17.6 Å². The van der Waals surface area contributed by atoms with Gasteiger partial charge in [0.15, 0.2) is 0 Å². The van der Waals surface area contributed by atoms with E-state index in [4.69, 9.17) is 9.15 Å². The molecule has 3 rings (SSSR count). The van der Waals surface area contributed by atoms with Crippen molar-refractivity contribution in [2.45, 2.75) is 27.7 Å². The average molecular weight is 364 g/mol. The molecule has 0 radical (unpaired) electrons. The third-order valence-corrected chi connectivity index (χ3v) is 3.46. The van der Waals surface area contributed by atoms with E-state index in [1.54, 1.807) is 13.0 Å². The van der Waals surface area contributed by atoms with Crippen molar-refractivity contribution in [1.82, 2.24) is 4.98 Å². The predicted molar refractivity (Wildman–Crippen MR) is 97.8 cm³/mol. The molecule has 5 nitrogen and oxygen atoms in total. The molecule has 1 aromatic carbocycles. The number of nitrogens with one attached hydrogen (secondary N) is 1. The van der Waals surface area contributed by atoms with Gasteiger partial charge in [0, 0.05) is 19.9 Å². The fourth-order valence-corrected chi connectivity index (χ4v) is 2.28. The molecule has 0 unspecified atom stereocenters. The molecule has 0 aliphatic heterocycles. The lowest BCUT2D eigenvalue weighted by Crippen LogP contribution is -2.06. The standard InChI is InChI=1S/C17H14F2N2O3.C2H6.H2/c1-3-23-17(22)16-15(10-8-20-5-4-14(10)24-16)21-13-7-11(18)9(2)6-12(13)19;1-2;/h4-8,21H,3H2,1-2H3;1-2H3;1H. The van der Waals surface area contributed by atoms with E-state index in [2.05, 4.69) is 10.3 Å². The van der Waals surface area contributed by atoms with Crippen molar-refractivity contribution in [2.24, 2.45) is 0 Å². The number of carbonyl (C=O) groups is 1. The third-order valence-electron chi connectivity index (χ3n) is 3.46. The molecule has 7 heteroatoms. The first-order chi connectivity index (χ1) is 12.5. The van der Waals surface area contributed by atoms with E-state index in [0.717, 1.165) is 12.1 Å². The highest BCUT2D eigenvalue weighted by atomic mass is 19.1. The molecule has 0 spiro atoms. The number of nitrogens with zero attached hydrogens (tertiary/aromatic N) is 1. The van der Waals surface area contributed by atoms with Gasteiger partial charge in [0.2, 0.25) is 5.76 Å². The lowest BCUT2D eigenvalue weighted by Gasteiger charge is -2.09. The normalized spacial score (nSPS) is 10.2. The topological polar surface area (TPSA) is 64.4 Å². The fourth-order valence-electron chi connectivity index (χ4n) is 2.28. The molecule has 0 fully saturated rings. The number of benzene rings is 1. The van der Waals surface area contributed by atoms with Crippen LogP contribution in [0.1, 0.15) is 38.3 Å². The van der Waals surface area contributed by atoms with E-state index in [1.807, 2.05) is 13.8 Å². The Labute approximate surface area is 151 Å². The summed E-state index contributed by atoms with van der Waals surface area (Å²) in [5, 5.41) is 3.18. The van der Waals surface area contributed by atoms with Gasteiger partial charge in [0.05, 0.1) is 17.7 Å². The molecule has 26 heavy (non-hydrogen) atoms. The summed E-state index contributed by atoms with van der Waals surface area (Å²) in [6.45, 7) is 7.27. The van der Waals surface area contributed by atoms with Crippen LogP contribution in [-0.4, -0.2) is 17.6 Å². The van der Waals surface area contributed by atoms with Crippen molar-refractivity contribution in [3.63, 3.8) is 0 Å². The van der Waals surface area contributed by atoms with Gasteiger partial charge in [-0.2, -0.15) is 0 Å². The summed E-state index contributed by atoms with van der Waals surface area (Å²) in [7, 11) is 0. The molecule has 0 aliphatic rings. The number of halogens is 2. The van der Waals surface area contributed by atoms with Crippen LogP contribution in [0.3, 0.4) is 0 Å². The largest absolute Gasteiger partial charge is 0.460 e. The van der Waals surface area contributed by atoms with Gasteiger partial charge in [-0.3, -0.25) is 4.98 Å². The monoisotopic (exact) mass is 364 g/mol. The zero-order valence-electron chi connectivity index (χ0n) is 15.0. The van der Waals surface area contributed by atoms with Gasteiger partial charge < -0.3 is 14.5 Å². The summed E-state index contributed by atoms with van der Waals surface area (Å²) in [6.07, 6.45) is 2.96. The highest BCUT2D eigenvalue weighted by molar-refractivity contribution is 6.05. The number of aromatic nitrogens is 1. The van der Waals surface area contributed by atoms with Crippen LogP contribution in [-0.2, 0) is 4.74 Å². The van der Waals surface area contributed by atoms with Crippen molar-refractivity contribution in [1.29, 1.82) is 0 Å². The van der Waals surface area contributed by atoms with Gasteiger partial charge >= 0.3 is 5.97 Å². The molecule has 0 saturated heterocycles. The Balaban J connectivity index is 0.00000118. The maximum Gasteiger partial charge on any atom is 0.376 e. The minimum absolute atomic E-state index is 0. The summed E-state index contributed by atoms with van der Waals surface area (Å²) in [5.41, 5.74) is 0.625. The molecule has 0 bridgehead atoms. The highest BCUT2D eigenvalue weighted by Crippen LogP contribution is 2.34. The van der Waals surface area contributed by atoms with Crippen LogP contribution in [0.25, 0.3) is 11.0 Å². The van der Waals surface area contributed by atoms with Crippen LogP contribution in [0.4, 0.5) is 20.2 Å². The van der Waals surface area contributed by atoms with Gasteiger partial charge in [-0.05, 0) is 31.5 Å². The van der Waals surface area contributed by atoms with E-state index in [9.17, 15) is 13.6 Å². The second-order valence-corrected chi connectivity index (χ2v) is 5.10. The maximum atomic E-state index is 14.1. The smallest absolute Gasteiger partial charge is 0.376 e. The number of ether oxygens (including phenoxy) is 1. The Kier molecular flexibility index (Phi) is 6.27. The lowest BCUT2D eigenvalue weighted by atomic mass is 10.2. The van der Waals surface area contributed by atoms with Crippen LogP contribution in [0.15, 0.2) is 35.0 Å². The molecule has 0 aliphatic carbocycles. The van der Waals surface area contributed by atoms with E-state index in [0.29, 0.717) is 11.0 Å². The maximum absolute atomic E-state index is 14.1. The number of fused-ring (bicyclic) bond motifs is 1. The molecule has 0 saturated carbocycles. The summed E-state index contributed by atoms with van der Waals surface area (Å²) >= 11 is 0. The minimum atomic E-state index is -0.704. The Morgan fingerprint density at radius 1 is 1.31 bits per heavy atom. The molecule has 0 amide bonds. The number of carbonyl (C=O) groups excluding carboxylic acids is 1. The van der Waals surface area contributed by atoms with Crippen LogP contribution < -0.4 is 5.32 Å². The number of hydrogen-bond acceptors (Lipinski definition) is 5. The molecule has 2 aromatic heterocycles. The molecule has 0 atom stereocenters. The first kappa shape index (κ1) is 19.4. The number of pyridine rings is 1. The number of rotatable bonds is 4. The number of esters is 1. The van der Waals surface area contributed by atoms with Crippen molar-refractivity contribution < 1.29 is 24.2 Å². The molecule has 1 N–H and O–H groups in total. The quantitative estimate of drug-likeness (QED) is 0.610. The Bertz CT molecular complexity index is 929. The van der Waals surface area contributed by atoms with Gasteiger partial charge in [0.25, 0.3) is 0 Å². The fraction of sp³-hybridized carbons (Fsp3) is 0.263. The van der Waals surface area contributed by atoms with Gasteiger partial charge in [-0.25, -0.2) is 13.6 Å². The zero-order valence-corrected chi connectivity index (χ0v) is 15.0. The van der Waals surface area contributed by atoms with Crippen molar-refractivity contribution in [2.75, 3.05) is 11.9 Å². The first-order valence-corrected chi connectivity index (χ1v) is 8.27. The van der Waals surface area contributed by atoms with E-state index >= 15 is 0 Å². The van der Waals surface area contributed by atoms with Crippen LogP contribution in [0.2, 0.25) is 0 Å². The first-order valence-electron chi connectivity index (χ1n) is 8.27. The molecule has 140 valence electrons. The third kappa shape index (κ3) is 3.82. The van der Waals surface area contributed by atoms with Crippen molar-refractivity contribution >= 4 is 28.3 Å². The summed E-state index contributed by atoms with van der Waals surface area (Å²) in [5.74, 6) is -2.05. The SMILES string of the molecule is CC.CCOC(=O)c1oc2ccncc2c1Nc1cc(F)c(C)cc1F.[HH]. The lowest BCUT2D eigenvalue weighted by molar-refractivity contribution is 0.0494. The van der Waals surface area contributed by atoms with E-state index in [-0.39, 0.29) is 30.7 Å². The highest BCUT2D eigenvalue weighted by Gasteiger charge is 2.23. The van der Waals surface area contributed by atoms with Gasteiger partial charge in [-0.1, -0.05) is 13.8 Å². The Hall–Kier alpha value is -2.96. The zero-order chi connectivity index (χ0) is 19.3. The van der Waals surface area contributed by atoms with Crippen LogP contribution in [0.5, 0.6) is 0 Å². The molecule has 3 aromatic rings. The summed E-state index contributed by atoms with van der Waals surface area (Å²) in [6, 6.07) is 3.66.